The third-order valence-electron chi connectivity index (χ3n) is 11.4. The van der Waals surface area contributed by atoms with Crippen LogP contribution in [0.15, 0.2) is 199 Å². The quantitative estimate of drug-likeness (QED) is 0.176. The van der Waals surface area contributed by atoms with Crippen LogP contribution in [-0.2, 0) is 0 Å². The van der Waals surface area contributed by atoms with E-state index in [1.165, 1.54) is 32.6 Å². The molecule has 0 N–H and O–H groups in total. The van der Waals surface area contributed by atoms with Gasteiger partial charge in [0, 0.05) is 43.9 Å². The molecule has 12 rings (SSSR count). The van der Waals surface area contributed by atoms with Crippen molar-refractivity contribution in [3.63, 3.8) is 0 Å². The van der Waals surface area contributed by atoms with Crippen LogP contribution in [0.25, 0.3) is 116 Å². The van der Waals surface area contributed by atoms with Gasteiger partial charge in [-0.25, -0.2) is 15.0 Å². The fourth-order valence-corrected chi connectivity index (χ4v) is 8.68. The van der Waals surface area contributed by atoms with Crippen molar-refractivity contribution in [2.24, 2.45) is 0 Å². The molecule has 58 heavy (non-hydrogen) atoms. The maximum absolute atomic E-state index is 6.50. The summed E-state index contributed by atoms with van der Waals surface area (Å²) < 4.78 is 8.88. The molecule has 0 bridgehead atoms. The van der Waals surface area contributed by atoms with E-state index in [1.54, 1.807) is 0 Å². The third-order valence-corrected chi connectivity index (χ3v) is 11.4. The van der Waals surface area contributed by atoms with Crippen LogP contribution in [0.2, 0.25) is 0 Å². The van der Waals surface area contributed by atoms with Crippen LogP contribution < -0.4 is 0 Å². The molecule has 5 heteroatoms. The Hall–Kier alpha value is -7.89. The van der Waals surface area contributed by atoms with Gasteiger partial charge >= 0.3 is 0 Å². The zero-order chi connectivity index (χ0) is 38.2. The van der Waals surface area contributed by atoms with Crippen LogP contribution in [0.5, 0.6) is 0 Å². The second-order valence-corrected chi connectivity index (χ2v) is 14.8. The summed E-state index contributed by atoms with van der Waals surface area (Å²) >= 11 is 0. The van der Waals surface area contributed by atoms with Gasteiger partial charge in [-0.05, 0) is 81.2 Å². The summed E-state index contributed by atoms with van der Waals surface area (Å²) in [6, 6.07) is 68.1. The third kappa shape index (κ3) is 5.14. The molecule has 12 aromatic rings. The van der Waals surface area contributed by atoms with E-state index in [1.807, 2.05) is 42.5 Å². The molecule has 0 fully saturated rings. The molecule has 5 nitrogen and oxygen atoms in total. The number of hydrogen-bond donors (Lipinski definition) is 0. The van der Waals surface area contributed by atoms with Gasteiger partial charge in [-0.1, -0.05) is 146 Å². The Morgan fingerprint density at radius 2 is 0.983 bits per heavy atom. The number of hydrogen-bond acceptors (Lipinski definition) is 4. The molecule has 270 valence electrons. The number of benzene rings is 9. The molecular formula is C53H32N4O. The molecule has 0 aliphatic rings. The molecule has 0 saturated carbocycles. The van der Waals surface area contributed by atoms with Crippen LogP contribution >= 0.6 is 0 Å². The standard InChI is InChI=1S/C53H32N4O/c1-2-13-35(14-3-1)51-54-52(42-20-10-17-34-12-6-7-18-40(34)42)56-53(55-51)43-21-11-23-49-50(43)45-31-38(26-29-48(45)58-49)33-24-27-39(28-25-33)57-46-22-9-8-19-41(46)44-30-36-15-4-5-16-37(36)32-47(44)57/h1-32H. The second-order valence-electron chi connectivity index (χ2n) is 14.8. The summed E-state index contributed by atoms with van der Waals surface area (Å²) in [5, 5.41) is 9.19. The lowest BCUT2D eigenvalue weighted by Gasteiger charge is -2.11. The minimum Gasteiger partial charge on any atom is -0.456 e. The molecule has 0 aliphatic heterocycles. The first-order chi connectivity index (χ1) is 28.7. The summed E-state index contributed by atoms with van der Waals surface area (Å²) in [7, 11) is 0. The maximum atomic E-state index is 6.50. The van der Waals surface area contributed by atoms with E-state index < -0.39 is 0 Å². The van der Waals surface area contributed by atoms with E-state index in [2.05, 4.69) is 156 Å². The number of aromatic nitrogens is 4. The van der Waals surface area contributed by atoms with Crippen molar-refractivity contribution >= 4 is 65.3 Å². The number of fused-ring (bicyclic) bond motifs is 8. The largest absolute Gasteiger partial charge is 0.456 e. The van der Waals surface area contributed by atoms with Crippen molar-refractivity contribution in [3.8, 4) is 51.0 Å². The molecule has 0 spiro atoms. The maximum Gasteiger partial charge on any atom is 0.164 e. The summed E-state index contributed by atoms with van der Waals surface area (Å²) in [6.45, 7) is 0. The first-order valence-electron chi connectivity index (χ1n) is 19.5. The monoisotopic (exact) mass is 740 g/mol. The average Bonchev–Trinajstić information content (AvgIpc) is 3.83. The summed E-state index contributed by atoms with van der Waals surface area (Å²) in [5.41, 5.74) is 10.1. The SMILES string of the molecule is c1ccc(-c2nc(-c3cccc4ccccc34)nc(-c3cccc4oc5ccc(-c6ccc(-n7c8ccccc8c8cc9ccccc9cc87)cc6)cc5c34)n2)cc1. The highest BCUT2D eigenvalue weighted by molar-refractivity contribution is 6.14. The smallest absolute Gasteiger partial charge is 0.164 e. The Balaban J connectivity index is 1.000. The number of para-hydroxylation sites is 1. The average molecular weight is 741 g/mol. The highest BCUT2D eigenvalue weighted by Crippen LogP contribution is 2.40. The molecule has 0 unspecified atom stereocenters. The first-order valence-corrected chi connectivity index (χ1v) is 19.5. The van der Waals surface area contributed by atoms with Crippen LogP contribution in [0.1, 0.15) is 0 Å². The van der Waals surface area contributed by atoms with Gasteiger partial charge in [0.05, 0.1) is 11.0 Å². The van der Waals surface area contributed by atoms with Gasteiger partial charge in [-0.3, -0.25) is 0 Å². The van der Waals surface area contributed by atoms with E-state index in [0.717, 1.165) is 66.2 Å². The summed E-state index contributed by atoms with van der Waals surface area (Å²) in [4.78, 5) is 15.4. The Labute approximate surface area is 333 Å². The molecule has 3 aromatic heterocycles. The van der Waals surface area contributed by atoms with Gasteiger partial charge in [0.15, 0.2) is 17.5 Å². The molecule has 0 radical (unpaired) electrons. The van der Waals surface area contributed by atoms with E-state index in [0.29, 0.717) is 17.5 Å². The lowest BCUT2D eigenvalue weighted by molar-refractivity contribution is 0.669. The van der Waals surface area contributed by atoms with Crippen LogP contribution in [-0.4, -0.2) is 19.5 Å². The van der Waals surface area contributed by atoms with Crippen LogP contribution in [0.3, 0.4) is 0 Å². The number of rotatable bonds is 5. The van der Waals surface area contributed by atoms with Crippen LogP contribution in [0.4, 0.5) is 0 Å². The highest BCUT2D eigenvalue weighted by Gasteiger charge is 2.20. The van der Waals surface area contributed by atoms with Crippen LogP contribution in [0, 0.1) is 0 Å². The van der Waals surface area contributed by atoms with E-state index >= 15 is 0 Å². The van der Waals surface area contributed by atoms with E-state index in [-0.39, 0.29) is 0 Å². The normalized spacial score (nSPS) is 11.8. The van der Waals surface area contributed by atoms with E-state index in [9.17, 15) is 0 Å². The summed E-state index contributed by atoms with van der Waals surface area (Å²) in [5.74, 6) is 1.84. The minimum atomic E-state index is 0.596. The van der Waals surface area contributed by atoms with Crippen molar-refractivity contribution < 1.29 is 4.42 Å². The minimum absolute atomic E-state index is 0.596. The predicted molar refractivity (Wildman–Crippen MR) is 238 cm³/mol. The van der Waals surface area contributed by atoms with Gasteiger partial charge < -0.3 is 8.98 Å². The fraction of sp³-hybridized carbons (Fsp3) is 0. The Bertz CT molecular complexity index is 3560. The Morgan fingerprint density at radius 3 is 1.83 bits per heavy atom. The molecule has 9 aromatic carbocycles. The number of furan rings is 1. The van der Waals surface area contributed by atoms with Gasteiger partial charge in [0.2, 0.25) is 0 Å². The van der Waals surface area contributed by atoms with Crippen molar-refractivity contribution in [1.82, 2.24) is 19.5 Å². The molecule has 0 atom stereocenters. The Morgan fingerprint density at radius 1 is 0.345 bits per heavy atom. The van der Waals surface area contributed by atoms with Gasteiger partial charge in [0.25, 0.3) is 0 Å². The lowest BCUT2D eigenvalue weighted by Crippen LogP contribution is -2.00. The predicted octanol–water partition coefficient (Wildman–Crippen LogP) is 13.8. The summed E-state index contributed by atoms with van der Waals surface area (Å²) in [6.07, 6.45) is 0. The van der Waals surface area contributed by atoms with Gasteiger partial charge in [-0.15, -0.1) is 0 Å². The second kappa shape index (κ2) is 12.8. The molecule has 0 amide bonds. The fourth-order valence-electron chi connectivity index (χ4n) is 8.68. The molecular weight excluding hydrogens is 709 g/mol. The molecule has 0 aliphatic carbocycles. The van der Waals surface area contributed by atoms with Crippen molar-refractivity contribution in [1.29, 1.82) is 0 Å². The van der Waals surface area contributed by atoms with Gasteiger partial charge in [0.1, 0.15) is 11.2 Å². The highest BCUT2D eigenvalue weighted by atomic mass is 16.3. The molecule has 3 heterocycles. The van der Waals surface area contributed by atoms with Crippen molar-refractivity contribution in [2.75, 3.05) is 0 Å². The van der Waals surface area contributed by atoms with Crippen molar-refractivity contribution in [3.05, 3.63) is 194 Å². The first kappa shape index (κ1) is 32.4. The zero-order valence-electron chi connectivity index (χ0n) is 31.2. The number of nitrogens with zero attached hydrogens (tertiary/aromatic N) is 4. The topological polar surface area (TPSA) is 56.7 Å². The Kier molecular flexibility index (Phi) is 7.16. The lowest BCUT2D eigenvalue weighted by atomic mass is 10.00. The molecule has 0 saturated heterocycles. The van der Waals surface area contributed by atoms with E-state index in [4.69, 9.17) is 19.4 Å². The van der Waals surface area contributed by atoms with Gasteiger partial charge in [-0.2, -0.15) is 0 Å². The zero-order valence-corrected chi connectivity index (χ0v) is 31.2. The van der Waals surface area contributed by atoms with Crippen molar-refractivity contribution in [2.45, 2.75) is 0 Å².